The number of piperazine rings is 1. The minimum Gasteiger partial charge on any atom is -0.351 e. The molecule has 3 aromatic rings. The van der Waals surface area contributed by atoms with E-state index in [4.69, 9.17) is 0 Å². The minimum atomic E-state index is -3.56. The number of hydrogen-bond donors (Lipinski definition) is 1. The predicted molar refractivity (Wildman–Crippen MR) is 118 cm³/mol. The van der Waals surface area contributed by atoms with Gasteiger partial charge in [-0.15, -0.1) is 0 Å². The van der Waals surface area contributed by atoms with Crippen molar-refractivity contribution in [3.8, 4) is 0 Å². The lowest BCUT2D eigenvalue weighted by Gasteiger charge is -2.33. The molecule has 1 atom stereocenters. The lowest BCUT2D eigenvalue weighted by Crippen LogP contribution is -2.50. The third-order valence-corrected chi connectivity index (χ3v) is 7.90. The zero-order valence-electron chi connectivity index (χ0n) is 17.3. The molecular formula is C23H27N3O3S. The second-order valence-electron chi connectivity index (χ2n) is 7.84. The molecule has 1 aliphatic rings. The Morgan fingerprint density at radius 1 is 1.03 bits per heavy atom. The molecule has 0 bridgehead atoms. The van der Waals surface area contributed by atoms with E-state index in [0.717, 1.165) is 22.9 Å². The first-order valence-electron chi connectivity index (χ1n) is 10.4. The molecule has 0 aliphatic carbocycles. The topological polar surface area (TPSA) is 73.5 Å². The number of sulfonamides is 1. The summed E-state index contributed by atoms with van der Waals surface area (Å²) in [6, 6.07) is 16.8. The fourth-order valence-electron chi connectivity index (χ4n) is 3.84. The highest BCUT2D eigenvalue weighted by Crippen LogP contribution is 2.23. The van der Waals surface area contributed by atoms with Gasteiger partial charge in [0.25, 0.3) is 5.91 Å². The summed E-state index contributed by atoms with van der Waals surface area (Å²) < 4.78 is 27.5. The van der Waals surface area contributed by atoms with Crippen molar-refractivity contribution in [1.29, 1.82) is 0 Å². The highest BCUT2D eigenvalue weighted by Gasteiger charge is 2.30. The second kappa shape index (κ2) is 8.24. The van der Waals surface area contributed by atoms with E-state index < -0.39 is 10.0 Å². The quantitative estimate of drug-likeness (QED) is 0.675. The smallest absolute Gasteiger partial charge is 0.270 e. The summed E-state index contributed by atoms with van der Waals surface area (Å²) in [6.45, 7) is 5.58. The number of rotatable bonds is 5. The van der Waals surface area contributed by atoms with Gasteiger partial charge in [0.15, 0.2) is 0 Å². The summed E-state index contributed by atoms with van der Waals surface area (Å²) in [7, 11) is -3.56. The zero-order valence-corrected chi connectivity index (χ0v) is 18.2. The maximum Gasteiger partial charge on any atom is 0.270 e. The molecular weight excluding hydrogens is 398 g/mol. The standard InChI is InChI=1S/C23H27N3O3S/c1-3-17(2)18-8-10-20(11-9-18)30(28,29)26-14-12-25(13-15-26)23(27)22-16-19-6-4-5-7-21(19)24-22/h4-11,16-17,24H,3,12-15H2,1-2H3. The molecule has 6 nitrogen and oxygen atoms in total. The van der Waals surface area contributed by atoms with Gasteiger partial charge in [0.05, 0.1) is 4.90 Å². The van der Waals surface area contributed by atoms with Gasteiger partial charge in [-0.25, -0.2) is 8.42 Å². The van der Waals surface area contributed by atoms with Crippen LogP contribution >= 0.6 is 0 Å². The van der Waals surface area contributed by atoms with Crippen LogP contribution in [0.3, 0.4) is 0 Å². The van der Waals surface area contributed by atoms with Crippen molar-refractivity contribution in [1.82, 2.24) is 14.2 Å². The first-order valence-corrected chi connectivity index (χ1v) is 11.8. The number of nitrogens with one attached hydrogen (secondary N) is 1. The molecule has 1 aliphatic heterocycles. The molecule has 0 radical (unpaired) electrons. The average Bonchev–Trinajstić information content (AvgIpc) is 3.22. The molecule has 2 heterocycles. The third-order valence-electron chi connectivity index (χ3n) is 5.99. The monoisotopic (exact) mass is 425 g/mol. The van der Waals surface area contributed by atoms with Crippen LogP contribution in [0.5, 0.6) is 0 Å². The van der Waals surface area contributed by atoms with Crippen molar-refractivity contribution < 1.29 is 13.2 Å². The van der Waals surface area contributed by atoms with Crippen LogP contribution in [0.4, 0.5) is 0 Å². The van der Waals surface area contributed by atoms with Crippen molar-refractivity contribution >= 4 is 26.8 Å². The Morgan fingerprint density at radius 3 is 2.33 bits per heavy atom. The molecule has 158 valence electrons. The van der Waals surface area contributed by atoms with Gasteiger partial charge in [-0.3, -0.25) is 4.79 Å². The SMILES string of the molecule is CCC(C)c1ccc(S(=O)(=O)N2CCN(C(=O)c3cc4ccccc4[nH]3)CC2)cc1. The Kier molecular flexibility index (Phi) is 5.66. The molecule has 0 saturated carbocycles. The number of carbonyl (C=O) groups excluding carboxylic acids is 1. The minimum absolute atomic E-state index is 0.0962. The summed E-state index contributed by atoms with van der Waals surface area (Å²) in [5, 5.41) is 0.989. The number of para-hydroxylation sites is 1. The summed E-state index contributed by atoms with van der Waals surface area (Å²) in [5.41, 5.74) is 2.60. The van der Waals surface area contributed by atoms with Gasteiger partial charge < -0.3 is 9.88 Å². The summed E-state index contributed by atoms with van der Waals surface area (Å²) in [6.07, 6.45) is 1.01. The van der Waals surface area contributed by atoms with E-state index in [1.165, 1.54) is 4.31 Å². The number of benzene rings is 2. The molecule has 1 aromatic heterocycles. The highest BCUT2D eigenvalue weighted by atomic mass is 32.2. The maximum atomic E-state index is 13.0. The van der Waals surface area contributed by atoms with Crippen LogP contribution in [0.2, 0.25) is 0 Å². The van der Waals surface area contributed by atoms with Crippen LogP contribution in [-0.4, -0.2) is 54.7 Å². The van der Waals surface area contributed by atoms with Gasteiger partial charge in [0.2, 0.25) is 10.0 Å². The van der Waals surface area contributed by atoms with Crippen LogP contribution in [-0.2, 0) is 10.0 Å². The average molecular weight is 426 g/mol. The lowest BCUT2D eigenvalue weighted by atomic mass is 9.99. The number of aromatic amines is 1. The van der Waals surface area contributed by atoms with E-state index in [1.54, 1.807) is 17.0 Å². The van der Waals surface area contributed by atoms with Gasteiger partial charge in [-0.05, 0) is 42.2 Å². The van der Waals surface area contributed by atoms with E-state index in [2.05, 4.69) is 18.8 Å². The Morgan fingerprint density at radius 2 is 1.70 bits per heavy atom. The molecule has 1 amide bonds. The fraction of sp³-hybridized carbons (Fsp3) is 0.348. The van der Waals surface area contributed by atoms with Gasteiger partial charge in [0.1, 0.15) is 5.69 Å². The maximum absolute atomic E-state index is 13.0. The summed E-state index contributed by atoms with van der Waals surface area (Å²) in [5.74, 6) is 0.308. The van der Waals surface area contributed by atoms with E-state index in [0.29, 0.717) is 42.7 Å². The van der Waals surface area contributed by atoms with Gasteiger partial charge in [0, 0.05) is 37.1 Å². The first kappa shape index (κ1) is 20.6. The number of carbonyl (C=O) groups is 1. The van der Waals surface area contributed by atoms with Gasteiger partial charge >= 0.3 is 0 Å². The van der Waals surface area contributed by atoms with Crippen molar-refractivity contribution in [2.45, 2.75) is 31.1 Å². The van der Waals surface area contributed by atoms with Crippen LogP contribution in [0.15, 0.2) is 59.5 Å². The van der Waals surface area contributed by atoms with Crippen molar-refractivity contribution in [2.75, 3.05) is 26.2 Å². The van der Waals surface area contributed by atoms with Crippen LogP contribution < -0.4 is 0 Å². The van der Waals surface area contributed by atoms with Crippen molar-refractivity contribution in [3.05, 3.63) is 65.9 Å². The van der Waals surface area contributed by atoms with Gasteiger partial charge in [-0.2, -0.15) is 4.31 Å². The highest BCUT2D eigenvalue weighted by molar-refractivity contribution is 7.89. The van der Waals surface area contributed by atoms with Crippen LogP contribution in [0, 0.1) is 0 Å². The second-order valence-corrected chi connectivity index (χ2v) is 9.78. The predicted octanol–water partition coefficient (Wildman–Crippen LogP) is 3.83. The van der Waals surface area contributed by atoms with Crippen LogP contribution in [0.25, 0.3) is 10.9 Å². The molecule has 1 saturated heterocycles. The fourth-order valence-corrected chi connectivity index (χ4v) is 5.27. The van der Waals surface area contributed by atoms with Gasteiger partial charge in [-0.1, -0.05) is 44.2 Å². The third kappa shape index (κ3) is 3.87. The Bertz CT molecular complexity index is 1110. The molecule has 1 unspecified atom stereocenters. The number of hydrogen-bond acceptors (Lipinski definition) is 3. The molecule has 1 N–H and O–H groups in total. The van der Waals surface area contributed by atoms with E-state index >= 15 is 0 Å². The molecule has 0 spiro atoms. The summed E-state index contributed by atoms with van der Waals surface area (Å²) in [4.78, 5) is 18.0. The molecule has 30 heavy (non-hydrogen) atoms. The molecule has 4 rings (SSSR count). The van der Waals surface area contributed by atoms with Crippen molar-refractivity contribution in [2.24, 2.45) is 0 Å². The van der Waals surface area contributed by atoms with Crippen LogP contribution in [0.1, 0.15) is 42.2 Å². The van der Waals surface area contributed by atoms with E-state index in [-0.39, 0.29) is 5.91 Å². The van der Waals surface area contributed by atoms with E-state index in [1.807, 2.05) is 42.5 Å². The Labute approximate surface area is 177 Å². The lowest BCUT2D eigenvalue weighted by molar-refractivity contribution is 0.0693. The number of H-pyrrole nitrogens is 1. The number of fused-ring (bicyclic) bond motifs is 1. The number of aromatic nitrogens is 1. The molecule has 1 fully saturated rings. The zero-order chi connectivity index (χ0) is 21.3. The Balaban J connectivity index is 1.43. The number of nitrogens with zero attached hydrogens (tertiary/aromatic N) is 2. The molecule has 2 aromatic carbocycles. The number of amides is 1. The summed E-state index contributed by atoms with van der Waals surface area (Å²) >= 11 is 0. The first-order chi connectivity index (χ1) is 14.4. The largest absolute Gasteiger partial charge is 0.351 e. The normalized spacial score (nSPS) is 16.7. The Hall–Kier alpha value is -2.64. The van der Waals surface area contributed by atoms with E-state index in [9.17, 15) is 13.2 Å². The van der Waals surface area contributed by atoms with Crippen molar-refractivity contribution in [3.63, 3.8) is 0 Å². The molecule has 7 heteroatoms.